The molecule has 9 heteroatoms. The Balaban J connectivity index is 2.61. The number of fused-ring (bicyclic) bond motifs is 1. The van der Waals surface area contributed by atoms with Gasteiger partial charge in [0.25, 0.3) is 5.78 Å². The van der Waals surface area contributed by atoms with E-state index in [0.29, 0.717) is 5.82 Å². The molecule has 92 valence electrons. The van der Waals surface area contributed by atoms with Crippen molar-refractivity contribution in [1.29, 1.82) is 0 Å². The van der Waals surface area contributed by atoms with Gasteiger partial charge in [0.15, 0.2) is 11.5 Å². The highest BCUT2D eigenvalue weighted by Gasteiger charge is 2.33. The molecule has 0 saturated heterocycles. The Morgan fingerprint density at radius 2 is 2.18 bits per heavy atom. The van der Waals surface area contributed by atoms with Gasteiger partial charge < -0.3 is 4.74 Å². The van der Waals surface area contributed by atoms with Crippen molar-refractivity contribution in [3.05, 3.63) is 22.2 Å². The first kappa shape index (κ1) is 12.0. The third-order valence-electron chi connectivity index (χ3n) is 1.95. The summed E-state index contributed by atoms with van der Waals surface area (Å²) in [5, 5.41) is 2.69. The highest BCUT2D eigenvalue weighted by atomic mass is 32.1. The van der Waals surface area contributed by atoms with Gasteiger partial charge in [-0.25, -0.2) is 9.50 Å². The van der Waals surface area contributed by atoms with Crippen molar-refractivity contribution < 1.29 is 17.9 Å². The van der Waals surface area contributed by atoms with Gasteiger partial charge in [-0.15, -0.1) is 0 Å². The van der Waals surface area contributed by atoms with E-state index < -0.39 is 11.9 Å². The lowest BCUT2D eigenvalue weighted by atomic mass is 10.4. The molecule has 0 aliphatic carbocycles. The molecule has 2 aromatic heterocycles. The topological polar surface area (TPSA) is 55.2 Å². The van der Waals surface area contributed by atoms with Crippen LogP contribution in [0.1, 0.15) is 11.5 Å². The van der Waals surface area contributed by atoms with E-state index in [9.17, 15) is 13.2 Å². The molecule has 17 heavy (non-hydrogen) atoms. The molecule has 0 aliphatic rings. The van der Waals surface area contributed by atoms with E-state index >= 15 is 0 Å². The van der Waals surface area contributed by atoms with Crippen LogP contribution in [0.4, 0.5) is 13.2 Å². The van der Waals surface area contributed by atoms with Crippen LogP contribution in [0, 0.1) is 4.64 Å². The lowest BCUT2D eigenvalue weighted by Crippen LogP contribution is -2.09. The highest BCUT2D eigenvalue weighted by Crippen LogP contribution is 2.27. The second-order valence-electron chi connectivity index (χ2n) is 3.22. The summed E-state index contributed by atoms with van der Waals surface area (Å²) in [5.74, 6) is 0.224. The number of ether oxygens (including phenoxy) is 1. The van der Waals surface area contributed by atoms with Gasteiger partial charge in [-0.05, 0) is 0 Å². The lowest BCUT2D eigenvalue weighted by molar-refractivity contribution is -0.141. The minimum absolute atomic E-state index is 0.0443. The third-order valence-corrected chi connectivity index (χ3v) is 2.25. The van der Waals surface area contributed by atoms with E-state index in [1.54, 1.807) is 0 Å². The molecule has 0 aromatic carbocycles. The Hall–Kier alpha value is -1.48. The molecule has 0 saturated carbocycles. The maximum atomic E-state index is 12.5. The Bertz CT molecular complexity index is 603. The zero-order chi connectivity index (χ0) is 12.6. The zero-order valence-corrected chi connectivity index (χ0v) is 9.39. The monoisotopic (exact) mass is 264 g/mol. The molecule has 0 unspecified atom stereocenters. The molecule has 0 bridgehead atoms. The number of aromatic nitrogens is 4. The quantitative estimate of drug-likeness (QED) is 0.842. The van der Waals surface area contributed by atoms with Crippen molar-refractivity contribution in [2.24, 2.45) is 0 Å². The number of nitrogens with zero attached hydrogens (tertiary/aromatic N) is 3. The number of aromatic amines is 1. The highest BCUT2D eigenvalue weighted by molar-refractivity contribution is 7.71. The normalized spacial score (nSPS) is 12.2. The smallest absolute Gasteiger partial charge is 0.377 e. The van der Waals surface area contributed by atoms with Gasteiger partial charge in [-0.2, -0.15) is 18.2 Å². The van der Waals surface area contributed by atoms with Crippen molar-refractivity contribution in [2.45, 2.75) is 12.8 Å². The van der Waals surface area contributed by atoms with Crippen LogP contribution in [0.2, 0.25) is 0 Å². The van der Waals surface area contributed by atoms with Crippen LogP contribution in [0.15, 0.2) is 6.07 Å². The van der Waals surface area contributed by atoms with Gasteiger partial charge >= 0.3 is 6.18 Å². The molecule has 0 radical (unpaired) electrons. The van der Waals surface area contributed by atoms with E-state index in [-0.39, 0.29) is 17.0 Å². The predicted octanol–water partition coefficient (Wildman–Crippen LogP) is 1.95. The number of methoxy groups -OCH3 is 1. The van der Waals surface area contributed by atoms with Crippen LogP contribution in [0.5, 0.6) is 0 Å². The van der Waals surface area contributed by atoms with E-state index in [1.165, 1.54) is 11.6 Å². The fourth-order valence-electron chi connectivity index (χ4n) is 1.27. The van der Waals surface area contributed by atoms with Crippen molar-refractivity contribution in [1.82, 2.24) is 19.6 Å². The van der Waals surface area contributed by atoms with Crippen LogP contribution in [-0.4, -0.2) is 26.7 Å². The molecule has 0 amide bonds. The Morgan fingerprint density at radius 3 is 2.76 bits per heavy atom. The lowest BCUT2D eigenvalue weighted by Gasteiger charge is -2.04. The van der Waals surface area contributed by atoms with Gasteiger partial charge in [0.1, 0.15) is 11.2 Å². The number of alkyl halides is 3. The van der Waals surface area contributed by atoms with Crippen molar-refractivity contribution >= 4 is 18.0 Å². The molecule has 0 fully saturated rings. The number of H-pyrrole nitrogens is 1. The van der Waals surface area contributed by atoms with Gasteiger partial charge in [0.2, 0.25) is 0 Å². The standard InChI is InChI=1S/C8H7F3N4OS/c1-16-3-5-13-7-12-4(8(9,10)11)2-6(17)15(7)14-5/h2H,3H2,1H3,(H,12,13,14). The van der Waals surface area contributed by atoms with Crippen molar-refractivity contribution in [2.75, 3.05) is 7.11 Å². The zero-order valence-electron chi connectivity index (χ0n) is 8.58. The molecule has 2 rings (SSSR count). The number of halogens is 3. The molecule has 2 aromatic rings. The summed E-state index contributed by atoms with van der Waals surface area (Å²) >= 11 is 4.82. The first-order chi connectivity index (χ1) is 7.91. The third kappa shape index (κ3) is 2.29. The molecule has 0 atom stereocenters. The van der Waals surface area contributed by atoms with Crippen LogP contribution < -0.4 is 0 Å². The van der Waals surface area contributed by atoms with Gasteiger partial charge in [-0.3, -0.25) is 5.10 Å². The van der Waals surface area contributed by atoms with Crippen LogP contribution in [-0.2, 0) is 17.5 Å². The minimum atomic E-state index is -4.54. The maximum Gasteiger partial charge on any atom is 0.433 e. The average molecular weight is 264 g/mol. The van der Waals surface area contributed by atoms with Crippen LogP contribution in [0.25, 0.3) is 5.78 Å². The molecule has 5 nitrogen and oxygen atoms in total. The summed E-state index contributed by atoms with van der Waals surface area (Å²) in [4.78, 5) is 7.23. The number of nitrogens with one attached hydrogen (secondary N) is 1. The predicted molar refractivity (Wildman–Crippen MR) is 53.9 cm³/mol. The Morgan fingerprint density at radius 1 is 1.47 bits per heavy atom. The fraction of sp³-hybridized carbons (Fsp3) is 0.375. The van der Waals surface area contributed by atoms with Crippen molar-refractivity contribution in [3.8, 4) is 0 Å². The summed E-state index contributed by atoms with van der Waals surface area (Å²) in [6.45, 7) is 0.138. The molecule has 1 N–H and O–H groups in total. The summed E-state index contributed by atoms with van der Waals surface area (Å²) in [7, 11) is 1.45. The summed E-state index contributed by atoms with van der Waals surface area (Å²) in [6, 6.07) is 0.775. The van der Waals surface area contributed by atoms with E-state index in [4.69, 9.17) is 17.0 Å². The molecular formula is C8H7F3N4OS. The maximum absolute atomic E-state index is 12.5. The van der Waals surface area contributed by atoms with Gasteiger partial charge in [0.05, 0.1) is 0 Å². The van der Waals surface area contributed by atoms with E-state index in [0.717, 1.165) is 6.07 Å². The molecule has 0 spiro atoms. The van der Waals surface area contributed by atoms with E-state index in [2.05, 4.69) is 15.1 Å². The van der Waals surface area contributed by atoms with E-state index in [1.807, 2.05) is 0 Å². The van der Waals surface area contributed by atoms with Crippen LogP contribution >= 0.6 is 12.2 Å². The average Bonchev–Trinajstić information content (AvgIpc) is 2.60. The second-order valence-corrected chi connectivity index (χ2v) is 3.63. The summed E-state index contributed by atoms with van der Waals surface area (Å²) in [5.41, 5.74) is -1.06. The molecular weight excluding hydrogens is 257 g/mol. The molecule has 2 heterocycles. The van der Waals surface area contributed by atoms with Gasteiger partial charge in [0, 0.05) is 13.2 Å². The first-order valence-electron chi connectivity index (χ1n) is 4.46. The van der Waals surface area contributed by atoms with Gasteiger partial charge in [-0.1, -0.05) is 12.2 Å². The Kier molecular flexibility index (Phi) is 2.87. The number of rotatable bonds is 2. The SMILES string of the molecule is COCc1nc2nc(C(F)(F)F)cc(=S)n2[nH]1. The fourth-order valence-corrected chi connectivity index (χ4v) is 1.51. The van der Waals surface area contributed by atoms with Crippen molar-refractivity contribution in [3.63, 3.8) is 0 Å². The summed E-state index contributed by atoms with van der Waals surface area (Å²) in [6.07, 6.45) is -4.54. The summed E-state index contributed by atoms with van der Waals surface area (Å²) < 4.78 is 43.4. The first-order valence-corrected chi connectivity index (χ1v) is 4.87. The number of hydrogen-bond acceptors (Lipinski definition) is 4. The Labute approximate surface area is 98.2 Å². The largest absolute Gasteiger partial charge is 0.433 e. The minimum Gasteiger partial charge on any atom is -0.377 e. The number of hydrogen-bond donors (Lipinski definition) is 1. The second kappa shape index (κ2) is 4.08. The van der Waals surface area contributed by atoms with Crippen LogP contribution in [0.3, 0.4) is 0 Å². The molecule has 0 aliphatic heterocycles.